The third kappa shape index (κ3) is 6.01. The number of hydrogen-bond donors (Lipinski definition) is 2. The first-order chi connectivity index (χ1) is 13.5. The van der Waals surface area contributed by atoms with Crippen LogP contribution in [-0.2, 0) is 11.3 Å². The third-order valence-electron chi connectivity index (χ3n) is 3.46. The summed E-state index contributed by atoms with van der Waals surface area (Å²) < 4.78 is 13.4. The number of carbonyl (C=O) groups is 2. The number of rotatable bonds is 7. The van der Waals surface area contributed by atoms with Crippen LogP contribution in [0.3, 0.4) is 0 Å². The standard InChI is InChI=1S/C18H14ClFN4O2S2/c19-13-5-3-12(4-6-13)16(26)22-17-23-24-18(28-17)27-10-15(25)21-9-11-1-7-14(20)8-2-11/h1-8H,9-10H2,(H,21,25)(H,22,23,26). The molecule has 0 unspecified atom stereocenters. The van der Waals surface area contributed by atoms with Crippen molar-refractivity contribution in [3.63, 3.8) is 0 Å². The molecule has 0 atom stereocenters. The Bertz CT molecular complexity index is 964. The minimum atomic E-state index is -0.319. The summed E-state index contributed by atoms with van der Waals surface area (Å²) in [6, 6.07) is 12.4. The van der Waals surface area contributed by atoms with Crippen LogP contribution in [-0.4, -0.2) is 27.8 Å². The molecule has 0 aliphatic carbocycles. The summed E-state index contributed by atoms with van der Waals surface area (Å²) in [5.74, 6) is -0.667. The van der Waals surface area contributed by atoms with Crippen LogP contribution in [0, 0.1) is 5.82 Å². The molecule has 0 radical (unpaired) electrons. The van der Waals surface area contributed by atoms with Crippen LogP contribution < -0.4 is 10.6 Å². The van der Waals surface area contributed by atoms with Gasteiger partial charge >= 0.3 is 0 Å². The van der Waals surface area contributed by atoms with E-state index in [1.165, 1.54) is 35.2 Å². The number of aromatic nitrogens is 2. The number of thioether (sulfide) groups is 1. The van der Waals surface area contributed by atoms with Crippen molar-refractivity contribution in [3.8, 4) is 0 Å². The number of anilines is 1. The minimum absolute atomic E-state index is 0.154. The average Bonchev–Trinajstić information content (AvgIpc) is 3.13. The number of amides is 2. The molecule has 1 heterocycles. The Balaban J connectivity index is 1.45. The van der Waals surface area contributed by atoms with Gasteiger partial charge in [0.2, 0.25) is 11.0 Å². The molecule has 28 heavy (non-hydrogen) atoms. The molecule has 10 heteroatoms. The van der Waals surface area contributed by atoms with Crippen LogP contribution in [0.4, 0.5) is 9.52 Å². The summed E-state index contributed by atoms with van der Waals surface area (Å²) in [5.41, 5.74) is 1.26. The molecule has 0 saturated heterocycles. The van der Waals surface area contributed by atoms with Gasteiger partial charge < -0.3 is 5.32 Å². The van der Waals surface area contributed by atoms with E-state index < -0.39 is 0 Å². The molecule has 0 bridgehead atoms. The van der Waals surface area contributed by atoms with E-state index in [9.17, 15) is 14.0 Å². The highest BCUT2D eigenvalue weighted by Crippen LogP contribution is 2.25. The number of nitrogens with zero attached hydrogens (tertiary/aromatic N) is 2. The summed E-state index contributed by atoms with van der Waals surface area (Å²) >= 11 is 8.20. The zero-order chi connectivity index (χ0) is 19.9. The van der Waals surface area contributed by atoms with E-state index in [1.54, 1.807) is 36.4 Å². The quantitative estimate of drug-likeness (QED) is 0.432. The second-order valence-corrected chi connectivity index (χ2v) is 8.16. The summed E-state index contributed by atoms with van der Waals surface area (Å²) in [6.07, 6.45) is 0. The van der Waals surface area contributed by atoms with Gasteiger partial charge in [0.25, 0.3) is 5.91 Å². The van der Waals surface area contributed by atoms with Gasteiger partial charge in [0, 0.05) is 17.1 Å². The molecule has 1 aromatic heterocycles. The fourth-order valence-electron chi connectivity index (χ4n) is 2.07. The molecular weight excluding hydrogens is 423 g/mol. The van der Waals surface area contributed by atoms with E-state index in [4.69, 9.17) is 11.6 Å². The molecule has 6 nitrogen and oxygen atoms in total. The fraction of sp³-hybridized carbons (Fsp3) is 0.111. The van der Waals surface area contributed by atoms with Gasteiger partial charge in [-0.05, 0) is 42.0 Å². The Morgan fingerprint density at radius 3 is 2.50 bits per heavy atom. The highest BCUT2D eigenvalue weighted by Gasteiger charge is 2.12. The molecule has 3 aromatic rings. The van der Waals surface area contributed by atoms with Gasteiger partial charge in [0.15, 0.2) is 4.34 Å². The normalized spacial score (nSPS) is 10.5. The van der Waals surface area contributed by atoms with Crippen molar-refractivity contribution in [3.05, 3.63) is 70.5 Å². The molecule has 0 spiro atoms. The van der Waals surface area contributed by atoms with Crippen molar-refractivity contribution >= 4 is 51.6 Å². The van der Waals surface area contributed by atoms with E-state index in [1.807, 2.05) is 0 Å². The second kappa shape index (κ2) is 9.63. The predicted octanol–water partition coefficient (Wildman–Crippen LogP) is 3.99. The second-order valence-electron chi connectivity index (χ2n) is 5.53. The van der Waals surface area contributed by atoms with E-state index in [-0.39, 0.29) is 23.4 Å². The van der Waals surface area contributed by atoms with Crippen molar-refractivity contribution in [1.82, 2.24) is 15.5 Å². The summed E-state index contributed by atoms with van der Waals surface area (Å²) in [4.78, 5) is 24.1. The van der Waals surface area contributed by atoms with Gasteiger partial charge in [-0.25, -0.2) is 4.39 Å². The summed E-state index contributed by atoms with van der Waals surface area (Å²) in [7, 11) is 0. The van der Waals surface area contributed by atoms with Gasteiger partial charge in [-0.3, -0.25) is 14.9 Å². The Hall–Kier alpha value is -2.49. The zero-order valence-electron chi connectivity index (χ0n) is 14.3. The van der Waals surface area contributed by atoms with Crippen LogP contribution in [0.15, 0.2) is 52.9 Å². The molecular formula is C18H14ClFN4O2S2. The lowest BCUT2D eigenvalue weighted by atomic mass is 10.2. The van der Waals surface area contributed by atoms with Crippen molar-refractivity contribution in [1.29, 1.82) is 0 Å². The number of benzene rings is 2. The van der Waals surface area contributed by atoms with Crippen LogP contribution in [0.5, 0.6) is 0 Å². The lowest BCUT2D eigenvalue weighted by Crippen LogP contribution is -2.24. The average molecular weight is 437 g/mol. The Kier molecular flexibility index (Phi) is 6.96. The smallest absolute Gasteiger partial charge is 0.257 e. The van der Waals surface area contributed by atoms with Crippen molar-refractivity contribution in [2.24, 2.45) is 0 Å². The number of hydrogen-bond acceptors (Lipinski definition) is 6. The van der Waals surface area contributed by atoms with Gasteiger partial charge in [-0.15, -0.1) is 10.2 Å². The van der Waals surface area contributed by atoms with E-state index in [0.717, 1.165) is 5.56 Å². The first-order valence-corrected chi connectivity index (χ1v) is 10.2. The molecule has 2 N–H and O–H groups in total. The Morgan fingerprint density at radius 1 is 1.07 bits per heavy atom. The molecule has 2 aromatic carbocycles. The topological polar surface area (TPSA) is 84.0 Å². The Labute approximate surface area is 173 Å². The van der Waals surface area contributed by atoms with E-state index in [2.05, 4.69) is 20.8 Å². The van der Waals surface area contributed by atoms with Gasteiger partial charge in [0.1, 0.15) is 5.82 Å². The van der Waals surface area contributed by atoms with Crippen LogP contribution in [0.1, 0.15) is 15.9 Å². The Morgan fingerprint density at radius 2 is 1.79 bits per heavy atom. The largest absolute Gasteiger partial charge is 0.351 e. The molecule has 0 fully saturated rings. The molecule has 144 valence electrons. The number of halogens is 2. The van der Waals surface area contributed by atoms with Crippen LogP contribution >= 0.6 is 34.7 Å². The highest BCUT2D eigenvalue weighted by atomic mass is 35.5. The lowest BCUT2D eigenvalue weighted by Gasteiger charge is -2.04. The van der Waals surface area contributed by atoms with Gasteiger partial charge in [-0.1, -0.05) is 46.8 Å². The predicted molar refractivity (Wildman–Crippen MR) is 108 cm³/mol. The zero-order valence-corrected chi connectivity index (χ0v) is 16.7. The molecule has 0 aliphatic rings. The SMILES string of the molecule is O=C(CSc1nnc(NC(=O)c2ccc(Cl)cc2)s1)NCc1ccc(F)cc1. The highest BCUT2D eigenvalue weighted by molar-refractivity contribution is 8.01. The summed E-state index contributed by atoms with van der Waals surface area (Å²) in [6.45, 7) is 0.318. The van der Waals surface area contributed by atoms with E-state index in [0.29, 0.717) is 26.6 Å². The number of carbonyl (C=O) groups excluding carboxylic acids is 2. The fourth-order valence-corrected chi connectivity index (χ4v) is 3.77. The summed E-state index contributed by atoms with van der Waals surface area (Å²) in [5, 5.41) is 14.1. The third-order valence-corrected chi connectivity index (χ3v) is 5.69. The first kappa shape index (κ1) is 20.2. The monoisotopic (exact) mass is 436 g/mol. The first-order valence-electron chi connectivity index (χ1n) is 8.04. The van der Waals surface area contributed by atoms with Crippen LogP contribution in [0.25, 0.3) is 0 Å². The maximum absolute atomic E-state index is 12.9. The lowest BCUT2D eigenvalue weighted by molar-refractivity contribution is -0.118. The van der Waals surface area contributed by atoms with Crippen molar-refractivity contribution in [2.75, 3.05) is 11.1 Å². The number of nitrogens with one attached hydrogen (secondary N) is 2. The molecule has 2 amide bonds. The van der Waals surface area contributed by atoms with Crippen molar-refractivity contribution in [2.45, 2.75) is 10.9 Å². The van der Waals surface area contributed by atoms with Gasteiger partial charge in [0.05, 0.1) is 5.75 Å². The maximum Gasteiger partial charge on any atom is 0.257 e. The van der Waals surface area contributed by atoms with Gasteiger partial charge in [-0.2, -0.15) is 0 Å². The van der Waals surface area contributed by atoms with Crippen molar-refractivity contribution < 1.29 is 14.0 Å². The minimum Gasteiger partial charge on any atom is -0.351 e. The maximum atomic E-state index is 12.9. The molecule has 0 aliphatic heterocycles. The molecule has 3 rings (SSSR count). The van der Waals surface area contributed by atoms with Crippen LogP contribution in [0.2, 0.25) is 5.02 Å². The molecule has 0 saturated carbocycles. The van der Waals surface area contributed by atoms with E-state index >= 15 is 0 Å².